The first-order valence-corrected chi connectivity index (χ1v) is 9.88. The fourth-order valence-corrected chi connectivity index (χ4v) is 3.76. The van der Waals surface area contributed by atoms with Gasteiger partial charge in [0.25, 0.3) is 5.91 Å². The Labute approximate surface area is 178 Å². The summed E-state index contributed by atoms with van der Waals surface area (Å²) in [4.78, 5) is 27.6. The highest BCUT2D eigenvalue weighted by atomic mass is 16.5. The summed E-state index contributed by atoms with van der Waals surface area (Å²) in [6, 6.07) is 23.4. The number of aryl methyl sites for hydroxylation is 2. The van der Waals surface area contributed by atoms with Gasteiger partial charge in [0, 0.05) is 12.6 Å². The van der Waals surface area contributed by atoms with E-state index in [1.165, 1.54) is 12.0 Å². The maximum Gasteiger partial charge on any atom is 0.336 e. The molecule has 154 valence electrons. The molecule has 3 aromatic rings. The van der Waals surface area contributed by atoms with Gasteiger partial charge in [-0.15, -0.1) is 0 Å². The molecule has 0 heterocycles. The van der Waals surface area contributed by atoms with Crippen LogP contribution in [0.15, 0.2) is 72.8 Å². The van der Waals surface area contributed by atoms with Crippen molar-refractivity contribution in [1.29, 1.82) is 0 Å². The summed E-state index contributed by atoms with van der Waals surface area (Å²) in [6.45, 7) is 5.62. The molecule has 0 aliphatic carbocycles. The van der Waals surface area contributed by atoms with Crippen molar-refractivity contribution in [3.8, 4) is 11.1 Å². The van der Waals surface area contributed by atoms with Crippen molar-refractivity contribution in [3.05, 3.63) is 95.1 Å². The van der Waals surface area contributed by atoms with E-state index in [1.807, 2.05) is 86.6 Å². The van der Waals surface area contributed by atoms with Gasteiger partial charge in [-0.05, 0) is 49.6 Å². The largest absolute Gasteiger partial charge is 0.467 e. The van der Waals surface area contributed by atoms with Gasteiger partial charge in [0.1, 0.15) is 0 Å². The lowest BCUT2D eigenvalue weighted by Crippen LogP contribution is -2.51. The van der Waals surface area contributed by atoms with E-state index >= 15 is 0 Å². The molecule has 0 spiro atoms. The molecule has 0 saturated heterocycles. The van der Waals surface area contributed by atoms with Crippen LogP contribution in [0, 0.1) is 13.8 Å². The molecule has 0 unspecified atom stereocenters. The zero-order chi connectivity index (χ0) is 21.9. The molecule has 0 radical (unpaired) electrons. The normalized spacial score (nSPS) is 12.7. The third-order valence-electron chi connectivity index (χ3n) is 5.58. The summed E-state index contributed by atoms with van der Waals surface area (Å²) in [6.07, 6.45) is 0. The standard InChI is InChI=1S/C26H27NO3/c1-18-15-19(2)17-22(16-18)24(28)27(4)26(3,25(29)30-5)23-13-11-21(12-14-23)20-9-7-6-8-10-20/h6-17H,1-5H3/t26-/m1/s1. The highest BCUT2D eigenvalue weighted by Gasteiger charge is 2.43. The first kappa shape index (κ1) is 21.3. The monoisotopic (exact) mass is 401 g/mol. The van der Waals surface area contributed by atoms with E-state index in [-0.39, 0.29) is 5.91 Å². The zero-order valence-electron chi connectivity index (χ0n) is 18.1. The minimum Gasteiger partial charge on any atom is -0.467 e. The second kappa shape index (κ2) is 8.54. The van der Waals surface area contributed by atoms with E-state index in [1.54, 1.807) is 14.0 Å². The van der Waals surface area contributed by atoms with Gasteiger partial charge in [0.05, 0.1) is 7.11 Å². The number of likely N-dealkylation sites (N-methyl/N-ethyl adjacent to an activating group) is 1. The number of carbonyl (C=O) groups is 2. The van der Waals surface area contributed by atoms with Gasteiger partial charge < -0.3 is 9.64 Å². The van der Waals surface area contributed by atoms with Crippen LogP contribution in [-0.2, 0) is 15.1 Å². The smallest absolute Gasteiger partial charge is 0.336 e. The SMILES string of the molecule is COC(=O)[C@@](C)(c1ccc(-c2ccccc2)cc1)N(C)C(=O)c1cc(C)cc(C)c1. The van der Waals surface area contributed by atoms with Crippen LogP contribution in [0.25, 0.3) is 11.1 Å². The summed E-state index contributed by atoms with van der Waals surface area (Å²) in [5.74, 6) is -0.725. The fourth-order valence-electron chi connectivity index (χ4n) is 3.76. The molecule has 30 heavy (non-hydrogen) atoms. The number of carbonyl (C=O) groups excluding carboxylic acids is 2. The Morgan fingerprint density at radius 1 is 0.833 bits per heavy atom. The molecule has 0 bridgehead atoms. The summed E-state index contributed by atoms with van der Waals surface area (Å²) in [7, 11) is 2.98. The lowest BCUT2D eigenvalue weighted by molar-refractivity contribution is -0.152. The van der Waals surface area contributed by atoms with E-state index < -0.39 is 11.5 Å². The molecule has 4 nitrogen and oxygen atoms in total. The molecular formula is C26H27NO3. The molecular weight excluding hydrogens is 374 g/mol. The number of methoxy groups -OCH3 is 1. The predicted molar refractivity (Wildman–Crippen MR) is 119 cm³/mol. The lowest BCUT2D eigenvalue weighted by atomic mass is 9.88. The van der Waals surface area contributed by atoms with Crippen molar-refractivity contribution < 1.29 is 14.3 Å². The van der Waals surface area contributed by atoms with E-state index in [9.17, 15) is 9.59 Å². The number of amides is 1. The van der Waals surface area contributed by atoms with E-state index in [0.29, 0.717) is 11.1 Å². The summed E-state index contributed by atoms with van der Waals surface area (Å²) < 4.78 is 5.11. The first-order chi connectivity index (χ1) is 14.3. The molecule has 3 rings (SSSR count). The van der Waals surface area contributed by atoms with Crippen LogP contribution in [0.5, 0.6) is 0 Å². The van der Waals surface area contributed by atoms with Crippen LogP contribution in [0.3, 0.4) is 0 Å². The molecule has 4 heteroatoms. The van der Waals surface area contributed by atoms with Crippen LogP contribution in [0.1, 0.15) is 34.0 Å². The molecule has 1 amide bonds. The van der Waals surface area contributed by atoms with Gasteiger partial charge in [-0.25, -0.2) is 4.79 Å². The van der Waals surface area contributed by atoms with Gasteiger partial charge in [-0.1, -0.05) is 71.8 Å². The summed E-state index contributed by atoms with van der Waals surface area (Å²) in [5.41, 5.74) is 4.09. The third kappa shape index (κ3) is 3.99. The van der Waals surface area contributed by atoms with Crippen molar-refractivity contribution in [3.63, 3.8) is 0 Å². The molecule has 0 N–H and O–H groups in total. The van der Waals surface area contributed by atoms with Gasteiger partial charge in [0.15, 0.2) is 5.54 Å². The number of benzene rings is 3. The Morgan fingerprint density at radius 3 is 1.90 bits per heavy atom. The second-order valence-corrected chi connectivity index (χ2v) is 7.75. The Hall–Kier alpha value is -3.40. The maximum absolute atomic E-state index is 13.3. The van der Waals surface area contributed by atoms with Crippen LogP contribution >= 0.6 is 0 Å². The number of hydrogen-bond donors (Lipinski definition) is 0. The Bertz CT molecular complexity index is 1040. The molecule has 3 aromatic carbocycles. The maximum atomic E-state index is 13.3. The highest BCUT2D eigenvalue weighted by molar-refractivity contribution is 5.98. The Kier molecular flexibility index (Phi) is 6.06. The molecule has 0 aliphatic rings. The van der Waals surface area contributed by atoms with Crippen molar-refractivity contribution in [2.24, 2.45) is 0 Å². The van der Waals surface area contributed by atoms with Crippen LogP contribution in [0.2, 0.25) is 0 Å². The molecule has 0 aliphatic heterocycles. The number of hydrogen-bond acceptors (Lipinski definition) is 3. The quantitative estimate of drug-likeness (QED) is 0.557. The van der Waals surface area contributed by atoms with Crippen molar-refractivity contribution >= 4 is 11.9 Å². The average Bonchev–Trinajstić information content (AvgIpc) is 2.77. The van der Waals surface area contributed by atoms with Crippen LogP contribution in [-0.4, -0.2) is 30.9 Å². The van der Waals surface area contributed by atoms with Gasteiger partial charge in [-0.3, -0.25) is 4.79 Å². The molecule has 0 saturated carbocycles. The van der Waals surface area contributed by atoms with Crippen molar-refractivity contribution in [2.45, 2.75) is 26.3 Å². The Balaban J connectivity index is 2.01. The number of rotatable bonds is 5. The van der Waals surface area contributed by atoms with Crippen molar-refractivity contribution in [2.75, 3.05) is 14.2 Å². The van der Waals surface area contributed by atoms with Crippen molar-refractivity contribution in [1.82, 2.24) is 4.90 Å². The van der Waals surface area contributed by atoms with Crippen LogP contribution < -0.4 is 0 Å². The fraction of sp³-hybridized carbons (Fsp3) is 0.231. The number of nitrogens with zero attached hydrogens (tertiary/aromatic N) is 1. The summed E-state index contributed by atoms with van der Waals surface area (Å²) in [5, 5.41) is 0. The van der Waals surface area contributed by atoms with Gasteiger partial charge >= 0.3 is 5.97 Å². The number of esters is 1. The topological polar surface area (TPSA) is 46.6 Å². The minimum atomic E-state index is -1.27. The second-order valence-electron chi connectivity index (χ2n) is 7.75. The molecule has 0 aromatic heterocycles. The van der Waals surface area contributed by atoms with Gasteiger partial charge in [0.2, 0.25) is 0 Å². The number of ether oxygens (including phenoxy) is 1. The lowest BCUT2D eigenvalue weighted by Gasteiger charge is -2.37. The van der Waals surface area contributed by atoms with E-state index in [2.05, 4.69) is 0 Å². The minimum absolute atomic E-state index is 0.234. The molecule has 1 atom stereocenters. The van der Waals surface area contributed by atoms with E-state index in [0.717, 1.165) is 22.3 Å². The van der Waals surface area contributed by atoms with Crippen LogP contribution in [0.4, 0.5) is 0 Å². The Morgan fingerprint density at radius 2 is 1.37 bits per heavy atom. The average molecular weight is 402 g/mol. The van der Waals surface area contributed by atoms with E-state index in [4.69, 9.17) is 4.74 Å². The first-order valence-electron chi connectivity index (χ1n) is 9.88. The zero-order valence-corrected chi connectivity index (χ0v) is 18.1. The third-order valence-corrected chi connectivity index (χ3v) is 5.58. The predicted octanol–water partition coefficient (Wildman–Crippen LogP) is 5.13. The molecule has 0 fully saturated rings. The van der Waals surface area contributed by atoms with Gasteiger partial charge in [-0.2, -0.15) is 0 Å². The summed E-state index contributed by atoms with van der Waals surface area (Å²) >= 11 is 0. The highest BCUT2D eigenvalue weighted by Crippen LogP contribution is 2.32.